The van der Waals surface area contributed by atoms with Gasteiger partial charge in [-0.3, -0.25) is 0 Å². The third kappa shape index (κ3) is 2.51. The molecule has 0 N–H and O–H groups in total. The van der Waals surface area contributed by atoms with Gasteiger partial charge in [-0.2, -0.15) is 0 Å². The Morgan fingerprint density at radius 2 is 2.00 bits per heavy atom. The maximum Gasteiger partial charge on any atom is 0.345 e. The average Bonchev–Trinajstić information content (AvgIpc) is 2.87. The van der Waals surface area contributed by atoms with Gasteiger partial charge < -0.3 is 14.2 Å². The van der Waals surface area contributed by atoms with Crippen molar-refractivity contribution in [1.82, 2.24) is 0 Å². The number of rotatable bonds is 2. The highest BCUT2D eigenvalue weighted by atomic mass is 16.7. The van der Waals surface area contributed by atoms with Crippen LogP contribution in [0.5, 0.6) is 11.5 Å². The second-order valence-corrected chi connectivity index (χ2v) is 5.44. The molecule has 0 aromatic heterocycles. The van der Waals surface area contributed by atoms with Gasteiger partial charge in [0, 0.05) is 18.4 Å². The highest BCUT2D eigenvalue weighted by molar-refractivity contribution is 5.95. The summed E-state index contributed by atoms with van der Waals surface area (Å²) in [5, 5.41) is 0. The Morgan fingerprint density at radius 1 is 1.29 bits per heavy atom. The first kappa shape index (κ1) is 13.7. The molecule has 1 saturated carbocycles. The van der Waals surface area contributed by atoms with Crippen LogP contribution in [-0.4, -0.2) is 17.7 Å². The molecule has 0 unspecified atom stereocenters. The summed E-state index contributed by atoms with van der Waals surface area (Å²) in [7, 11) is 0. The van der Waals surface area contributed by atoms with Gasteiger partial charge in [0.05, 0.1) is 0 Å². The summed E-state index contributed by atoms with van der Waals surface area (Å²) >= 11 is 0. The zero-order valence-electron chi connectivity index (χ0n) is 11.8. The molecule has 110 valence electrons. The van der Waals surface area contributed by atoms with Gasteiger partial charge in [-0.25, -0.2) is 9.59 Å². The third-order valence-corrected chi connectivity index (χ3v) is 3.67. The van der Waals surface area contributed by atoms with E-state index in [0.29, 0.717) is 18.6 Å². The molecular formula is C16H16O5. The summed E-state index contributed by atoms with van der Waals surface area (Å²) in [5.74, 6) is -1.04. The van der Waals surface area contributed by atoms with E-state index in [4.69, 9.17) is 14.2 Å². The predicted octanol–water partition coefficient (Wildman–Crippen LogP) is 2.99. The Labute approximate surface area is 122 Å². The maximum absolute atomic E-state index is 12.2. The summed E-state index contributed by atoms with van der Waals surface area (Å²) in [6.45, 7) is 5.07. The molecule has 1 spiro atoms. The normalized spacial score (nSPS) is 18.6. The van der Waals surface area contributed by atoms with Crippen molar-refractivity contribution in [2.24, 2.45) is 0 Å². The monoisotopic (exact) mass is 288 g/mol. The highest BCUT2D eigenvalue weighted by Gasteiger charge is 2.44. The van der Waals surface area contributed by atoms with Crippen LogP contribution in [-0.2, 0) is 9.53 Å². The molecule has 1 aliphatic carbocycles. The van der Waals surface area contributed by atoms with Crippen molar-refractivity contribution in [3.8, 4) is 11.5 Å². The van der Waals surface area contributed by atoms with Crippen molar-refractivity contribution in [1.29, 1.82) is 0 Å². The first-order valence-electron chi connectivity index (χ1n) is 6.93. The minimum absolute atomic E-state index is 0.268. The molecule has 1 aliphatic heterocycles. The lowest BCUT2D eigenvalue weighted by Gasteiger charge is -2.34. The van der Waals surface area contributed by atoms with E-state index in [2.05, 4.69) is 6.58 Å². The van der Waals surface area contributed by atoms with Crippen molar-refractivity contribution in [2.45, 2.75) is 38.4 Å². The van der Waals surface area contributed by atoms with Crippen molar-refractivity contribution in [3.63, 3.8) is 0 Å². The Bertz CT molecular complexity index is 626. The molecule has 0 radical (unpaired) electrons. The van der Waals surface area contributed by atoms with E-state index < -0.39 is 17.7 Å². The molecule has 1 heterocycles. The van der Waals surface area contributed by atoms with Gasteiger partial charge in [-0.15, -0.1) is 0 Å². The van der Waals surface area contributed by atoms with Crippen molar-refractivity contribution >= 4 is 11.9 Å². The predicted molar refractivity (Wildman–Crippen MR) is 74.1 cm³/mol. The second kappa shape index (κ2) is 4.91. The molecule has 0 atom stereocenters. The van der Waals surface area contributed by atoms with Gasteiger partial charge >= 0.3 is 11.9 Å². The molecule has 5 heteroatoms. The summed E-state index contributed by atoms with van der Waals surface area (Å²) in [6.07, 6.45) is 3.39. The highest BCUT2D eigenvalue weighted by Crippen LogP contribution is 2.42. The van der Waals surface area contributed by atoms with Crippen LogP contribution in [0.3, 0.4) is 0 Å². The minimum atomic E-state index is -0.806. The molecule has 1 aromatic rings. The first-order valence-corrected chi connectivity index (χ1v) is 6.93. The largest absolute Gasteiger partial charge is 0.451 e. The molecule has 3 rings (SSSR count). The fourth-order valence-corrected chi connectivity index (χ4v) is 2.58. The zero-order chi connectivity index (χ0) is 15.0. The first-order chi connectivity index (χ1) is 9.99. The van der Waals surface area contributed by atoms with Crippen LogP contribution < -0.4 is 9.47 Å². The molecular weight excluding hydrogens is 272 g/mol. The second-order valence-electron chi connectivity index (χ2n) is 5.44. The van der Waals surface area contributed by atoms with Gasteiger partial charge in [0.25, 0.3) is 5.79 Å². The topological polar surface area (TPSA) is 61.8 Å². The van der Waals surface area contributed by atoms with Crippen LogP contribution in [0.15, 0.2) is 30.4 Å². The van der Waals surface area contributed by atoms with E-state index in [9.17, 15) is 9.59 Å². The van der Waals surface area contributed by atoms with Crippen molar-refractivity contribution in [3.05, 3.63) is 35.9 Å². The van der Waals surface area contributed by atoms with Gasteiger partial charge in [0.2, 0.25) is 0 Å². The average molecular weight is 288 g/mol. The van der Waals surface area contributed by atoms with Gasteiger partial charge in [0.1, 0.15) is 17.1 Å². The molecule has 0 amide bonds. The minimum Gasteiger partial charge on any atom is -0.451 e. The number of esters is 2. The Kier molecular flexibility index (Phi) is 3.20. The molecule has 1 aromatic carbocycles. The quantitative estimate of drug-likeness (QED) is 0.475. The number of fused-ring (bicyclic) bond motifs is 1. The summed E-state index contributed by atoms with van der Waals surface area (Å²) in [4.78, 5) is 23.7. The van der Waals surface area contributed by atoms with Crippen LogP contribution >= 0.6 is 0 Å². The number of ether oxygens (including phenoxy) is 3. The van der Waals surface area contributed by atoms with E-state index in [1.165, 1.54) is 6.07 Å². The van der Waals surface area contributed by atoms with E-state index >= 15 is 0 Å². The fraction of sp³-hybridized carbons (Fsp3) is 0.375. The lowest BCUT2D eigenvalue weighted by atomic mass is 10.1. The zero-order valence-corrected chi connectivity index (χ0v) is 11.8. The van der Waals surface area contributed by atoms with Gasteiger partial charge in [0.15, 0.2) is 0 Å². The molecule has 1 fully saturated rings. The Hall–Kier alpha value is -2.30. The standard InChI is InChI=1S/C16H16O5/c1-10(2)14(17)19-11-5-6-13-12(9-11)15(18)21-16(20-13)7-3-4-8-16/h5-6,9H,1,3-4,7-8H2,2H3. The number of carbonyl (C=O) groups is 2. The van der Waals surface area contributed by atoms with E-state index in [0.717, 1.165) is 12.8 Å². The molecule has 5 nitrogen and oxygen atoms in total. The summed E-state index contributed by atoms with van der Waals surface area (Å²) in [6, 6.07) is 4.69. The Morgan fingerprint density at radius 3 is 2.67 bits per heavy atom. The lowest BCUT2D eigenvalue weighted by molar-refractivity contribution is -0.148. The van der Waals surface area contributed by atoms with Gasteiger partial charge in [-0.05, 0) is 38.0 Å². The summed E-state index contributed by atoms with van der Waals surface area (Å²) < 4.78 is 16.4. The van der Waals surface area contributed by atoms with Crippen LogP contribution in [0.2, 0.25) is 0 Å². The van der Waals surface area contributed by atoms with E-state index in [1.54, 1.807) is 19.1 Å². The molecule has 0 saturated heterocycles. The fourth-order valence-electron chi connectivity index (χ4n) is 2.58. The van der Waals surface area contributed by atoms with Crippen LogP contribution in [0.25, 0.3) is 0 Å². The van der Waals surface area contributed by atoms with Gasteiger partial charge in [-0.1, -0.05) is 6.58 Å². The van der Waals surface area contributed by atoms with Crippen molar-refractivity contribution in [2.75, 3.05) is 0 Å². The van der Waals surface area contributed by atoms with Crippen LogP contribution in [0, 0.1) is 0 Å². The smallest absolute Gasteiger partial charge is 0.345 e. The lowest BCUT2D eigenvalue weighted by Crippen LogP contribution is -2.42. The van der Waals surface area contributed by atoms with Crippen molar-refractivity contribution < 1.29 is 23.8 Å². The number of hydrogen-bond donors (Lipinski definition) is 0. The molecule has 21 heavy (non-hydrogen) atoms. The number of hydrogen-bond acceptors (Lipinski definition) is 5. The van der Waals surface area contributed by atoms with E-state index in [-0.39, 0.29) is 16.9 Å². The van der Waals surface area contributed by atoms with Crippen LogP contribution in [0.4, 0.5) is 0 Å². The third-order valence-electron chi connectivity index (χ3n) is 3.67. The maximum atomic E-state index is 12.2. The molecule has 0 bridgehead atoms. The number of carbonyl (C=O) groups excluding carboxylic acids is 2. The van der Waals surface area contributed by atoms with Crippen LogP contribution in [0.1, 0.15) is 43.0 Å². The molecule has 2 aliphatic rings. The summed E-state index contributed by atoms with van der Waals surface area (Å²) in [5.41, 5.74) is 0.566. The Balaban J connectivity index is 1.86. The van der Waals surface area contributed by atoms with E-state index in [1.807, 2.05) is 0 Å². The SMILES string of the molecule is C=C(C)C(=O)Oc1ccc2c(c1)C(=O)OC1(CCCC1)O2. The number of benzene rings is 1.